The van der Waals surface area contributed by atoms with Crippen molar-refractivity contribution in [3.8, 4) is 29.1 Å². The first-order chi connectivity index (χ1) is 12.8. The SMILES string of the molecule is CC[C@H](C(=O)NCC#CCOc1ccc2c(c1)OCO2)c1ccccc1. The van der Waals surface area contributed by atoms with Crippen molar-refractivity contribution in [1.29, 1.82) is 0 Å². The lowest BCUT2D eigenvalue weighted by Gasteiger charge is -2.14. The Morgan fingerprint density at radius 2 is 1.96 bits per heavy atom. The predicted molar refractivity (Wildman–Crippen MR) is 98.3 cm³/mol. The van der Waals surface area contributed by atoms with E-state index in [0.29, 0.717) is 18.0 Å². The highest BCUT2D eigenvalue weighted by Crippen LogP contribution is 2.34. The van der Waals surface area contributed by atoms with Gasteiger partial charge in [0.1, 0.15) is 12.4 Å². The second-order valence-electron chi connectivity index (χ2n) is 5.75. The Bertz CT molecular complexity index is 808. The molecule has 0 saturated carbocycles. The molecular formula is C21H21NO4. The second-order valence-corrected chi connectivity index (χ2v) is 5.75. The van der Waals surface area contributed by atoms with Gasteiger partial charge in [0, 0.05) is 6.07 Å². The van der Waals surface area contributed by atoms with Gasteiger partial charge in [-0.3, -0.25) is 4.79 Å². The Hall–Kier alpha value is -3.13. The summed E-state index contributed by atoms with van der Waals surface area (Å²) in [4.78, 5) is 12.3. The fourth-order valence-corrected chi connectivity index (χ4v) is 2.71. The summed E-state index contributed by atoms with van der Waals surface area (Å²) < 4.78 is 16.1. The summed E-state index contributed by atoms with van der Waals surface area (Å²) in [5, 5.41) is 2.86. The Kier molecular flexibility index (Phi) is 6.00. The summed E-state index contributed by atoms with van der Waals surface area (Å²) in [6.07, 6.45) is 0.747. The zero-order valence-electron chi connectivity index (χ0n) is 14.7. The molecule has 1 heterocycles. The van der Waals surface area contributed by atoms with Crippen LogP contribution in [0.15, 0.2) is 48.5 Å². The number of rotatable bonds is 6. The zero-order valence-corrected chi connectivity index (χ0v) is 14.7. The number of amides is 1. The minimum Gasteiger partial charge on any atom is -0.481 e. The van der Waals surface area contributed by atoms with Crippen LogP contribution in [0.25, 0.3) is 0 Å². The van der Waals surface area contributed by atoms with E-state index in [1.165, 1.54) is 0 Å². The molecule has 0 aromatic heterocycles. The van der Waals surface area contributed by atoms with Gasteiger partial charge in [-0.2, -0.15) is 0 Å². The topological polar surface area (TPSA) is 56.8 Å². The molecule has 1 amide bonds. The molecule has 0 saturated heterocycles. The average molecular weight is 351 g/mol. The number of ether oxygens (including phenoxy) is 3. The van der Waals surface area contributed by atoms with E-state index in [1.54, 1.807) is 12.1 Å². The highest BCUT2D eigenvalue weighted by molar-refractivity contribution is 5.83. The van der Waals surface area contributed by atoms with Gasteiger partial charge >= 0.3 is 0 Å². The monoisotopic (exact) mass is 351 g/mol. The van der Waals surface area contributed by atoms with Crippen molar-refractivity contribution >= 4 is 5.91 Å². The van der Waals surface area contributed by atoms with Crippen molar-refractivity contribution in [1.82, 2.24) is 5.32 Å². The fourth-order valence-electron chi connectivity index (χ4n) is 2.71. The fraction of sp³-hybridized carbons (Fsp3) is 0.286. The molecule has 0 unspecified atom stereocenters. The van der Waals surface area contributed by atoms with Gasteiger partial charge in [0.15, 0.2) is 11.5 Å². The van der Waals surface area contributed by atoms with E-state index in [0.717, 1.165) is 17.7 Å². The van der Waals surface area contributed by atoms with Crippen LogP contribution in [0.2, 0.25) is 0 Å². The van der Waals surface area contributed by atoms with Gasteiger partial charge in [-0.05, 0) is 24.1 Å². The minimum absolute atomic E-state index is 0.00955. The number of hydrogen-bond donors (Lipinski definition) is 1. The maximum atomic E-state index is 12.3. The highest BCUT2D eigenvalue weighted by Gasteiger charge is 2.17. The van der Waals surface area contributed by atoms with Crippen LogP contribution < -0.4 is 19.5 Å². The summed E-state index contributed by atoms with van der Waals surface area (Å²) in [6.45, 7) is 2.78. The molecule has 1 N–H and O–H groups in total. The first-order valence-corrected chi connectivity index (χ1v) is 8.58. The molecule has 5 heteroatoms. The predicted octanol–water partition coefficient (Wildman–Crippen LogP) is 3.11. The van der Waals surface area contributed by atoms with Crippen LogP contribution in [0.4, 0.5) is 0 Å². The zero-order chi connectivity index (χ0) is 18.2. The van der Waals surface area contributed by atoms with Crippen LogP contribution in [0, 0.1) is 11.8 Å². The molecule has 134 valence electrons. The molecule has 5 nitrogen and oxygen atoms in total. The van der Waals surface area contributed by atoms with Gasteiger partial charge in [0.05, 0.1) is 12.5 Å². The molecule has 0 bridgehead atoms. The first kappa shape index (κ1) is 17.7. The lowest BCUT2D eigenvalue weighted by atomic mass is 9.96. The maximum absolute atomic E-state index is 12.3. The van der Waals surface area contributed by atoms with Crippen molar-refractivity contribution in [2.24, 2.45) is 0 Å². The molecular weight excluding hydrogens is 330 g/mol. The smallest absolute Gasteiger partial charge is 0.231 e. The van der Waals surface area contributed by atoms with Crippen LogP contribution in [0.5, 0.6) is 17.2 Å². The molecule has 0 spiro atoms. The van der Waals surface area contributed by atoms with E-state index in [4.69, 9.17) is 14.2 Å². The van der Waals surface area contributed by atoms with Crippen molar-refractivity contribution < 1.29 is 19.0 Å². The van der Waals surface area contributed by atoms with E-state index in [1.807, 2.05) is 43.3 Å². The maximum Gasteiger partial charge on any atom is 0.231 e. The number of carbonyl (C=O) groups excluding carboxylic acids is 1. The largest absolute Gasteiger partial charge is 0.481 e. The first-order valence-electron chi connectivity index (χ1n) is 8.58. The number of hydrogen-bond acceptors (Lipinski definition) is 4. The lowest BCUT2D eigenvalue weighted by Crippen LogP contribution is -2.29. The quantitative estimate of drug-likeness (QED) is 0.813. The molecule has 26 heavy (non-hydrogen) atoms. The average Bonchev–Trinajstić information content (AvgIpc) is 3.14. The summed E-state index contributed by atoms with van der Waals surface area (Å²) in [5.41, 5.74) is 1.02. The third-order valence-corrected chi connectivity index (χ3v) is 4.06. The van der Waals surface area contributed by atoms with Crippen molar-refractivity contribution in [2.75, 3.05) is 19.9 Å². The Labute approximate surface area is 153 Å². The second kappa shape index (κ2) is 8.82. The molecule has 0 radical (unpaired) electrons. The molecule has 2 aromatic carbocycles. The lowest BCUT2D eigenvalue weighted by molar-refractivity contribution is -0.122. The molecule has 1 aliphatic rings. The molecule has 0 fully saturated rings. The van der Waals surface area contributed by atoms with Gasteiger partial charge < -0.3 is 19.5 Å². The highest BCUT2D eigenvalue weighted by atomic mass is 16.7. The van der Waals surface area contributed by atoms with Gasteiger partial charge in [-0.1, -0.05) is 49.1 Å². The van der Waals surface area contributed by atoms with Crippen molar-refractivity contribution in [3.63, 3.8) is 0 Å². The molecule has 2 aromatic rings. The standard InChI is InChI=1S/C21H21NO4/c1-2-18(16-8-4-3-5-9-16)21(23)22-12-6-7-13-24-17-10-11-19-20(14-17)26-15-25-19/h3-5,8-11,14,18H,2,12-13,15H2,1H3,(H,22,23)/t18-/m0/s1. The van der Waals surface area contributed by atoms with Gasteiger partial charge in [0.25, 0.3) is 0 Å². The van der Waals surface area contributed by atoms with Crippen LogP contribution in [-0.4, -0.2) is 25.9 Å². The normalized spacial score (nSPS) is 12.7. The summed E-state index contributed by atoms with van der Waals surface area (Å²) in [5.74, 6) is 7.70. The number of benzene rings is 2. The third kappa shape index (κ3) is 4.48. The van der Waals surface area contributed by atoms with Crippen LogP contribution in [0.3, 0.4) is 0 Å². The Balaban J connectivity index is 1.43. The molecule has 1 aliphatic heterocycles. The van der Waals surface area contributed by atoms with E-state index >= 15 is 0 Å². The van der Waals surface area contributed by atoms with Crippen molar-refractivity contribution in [3.05, 3.63) is 54.1 Å². The summed E-state index contributed by atoms with van der Waals surface area (Å²) >= 11 is 0. The third-order valence-electron chi connectivity index (χ3n) is 4.06. The van der Waals surface area contributed by atoms with E-state index in [-0.39, 0.29) is 25.2 Å². The Morgan fingerprint density at radius 3 is 2.77 bits per heavy atom. The van der Waals surface area contributed by atoms with Crippen LogP contribution in [-0.2, 0) is 4.79 Å². The van der Waals surface area contributed by atoms with E-state index < -0.39 is 0 Å². The van der Waals surface area contributed by atoms with Crippen LogP contribution in [0.1, 0.15) is 24.8 Å². The molecule has 1 atom stereocenters. The number of nitrogens with one attached hydrogen (secondary N) is 1. The molecule has 3 rings (SSSR count). The minimum atomic E-state index is -0.150. The van der Waals surface area contributed by atoms with Gasteiger partial charge in [0.2, 0.25) is 12.7 Å². The molecule has 0 aliphatic carbocycles. The van der Waals surface area contributed by atoms with Crippen molar-refractivity contribution in [2.45, 2.75) is 19.3 Å². The van der Waals surface area contributed by atoms with Crippen LogP contribution >= 0.6 is 0 Å². The van der Waals surface area contributed by atoms with Gasteiger partial charge in [-0.15, -0.1) is 0 Å². The number of carbonyl (C=O) groups is 1. The van der Waals surface area contributed by atoms with Gasteiger partial charge in [-0.25, -0.2) is 0 Å². The van der Waals surface area contributed by atoms with E-state index in [9.17, 15) is 4.79 Å². The summed E-state index contributed by atoms with van der Waals surface area (Å²) in [7, 11) is 0. The summed E-state index contributed by atoms with van der Waals surface area (Å²) in [6, 6.07) is 15.2. The number of fused-ring (bicyclic) bond motifs is 1. The van der Waals surface area contributed by atoms with E-state index in [2.05, 4.69) is 17.2 Å². The Morgan fingerprint density at radius 1 is 1.15 bits per heavy atom.